The monoisotopic (exact) mass is 327 g/mol. The molecule has 0 spiro atoms. The van der Waals surface area contributed by atoms with Crippen molar-refractivity contribution in [2.45, 2.75) is 6.92 Å². The van der Waals surface area contributed by atoms with Crippen LogP contribution in [0.1, 0.15) is 17.0 Å². The molecule has 24 heavy (non-hydrogen) atoms. The van der Waals surface area contributed by atoms with E-state index in [9.17, 15) is 10.1 Å². The second kappa shape index (κ2) is 7.78. The van der Waals surface area contributed by atoms with Gasteiger partial charge in [-0.05, 0) is 24.6 Å². The Kier molecular flexibility index (Phi) is 5.75. The molecule has 2 heterocycles. The number of aliphatic hydroxyl groups excluding tert-OH is 1. The quantitative estimate of drug-likeness (QED) is 0.631. The van der Waals surface area contributed by atoms with Crippen LogP contribution in [0.3, 0.4) is 0 Å². The van der Waals surface area contributed by atoms with Crippen molar-refractivity contribution in [3.05, 3.63) is 28.6 Å². The molecule has 1 N–H and O–H groups in total. The summed E-state index contributed by atoms with van der Waals surface area (Å²) in [4.78, 5) is 16.3. The van der Waals surface area contributed by atoms with Crippen LogP contribution in [0, 0.1) is 29.6 Å². The number of β-amino-alcohol motifs (C(OH)–C–C–N with tert-alkyl or cyclic N) is 1. The number of amides is 1. The lowest BCUT2D eigenvalue weighted by atomic mass is 10.1. The molecule has 7 heteroatoms. The summed E-state index contributed by atoms with van der Waals surface area (Å²) in [6.07, 6.45) is 1.55. The van der Waals surface area contributed by atoms with Crippen molar-refractivity contribution >= 4 is 12.0 Å². The maximum atomic E-state index is 12.6. The van der Waals surface area contributed by atoms with Gasteiger partial charge in [0.1, 0.15) is 23.4 Å². The van der Waals surface area contributed by atoms with Gasteiger partial charge < -0.3 is 14.6 Å². The third kappa shape index (κ3) is 3.65. The Morgan fingerprint density at radius 3 is 2.50 bits per heavy atom. The van der Waals surface area contributed by atoms with Crippen molar-refractivity contribution < 1.29 is 9.90 Å². The van der Waals surface area contributed by atoms with Gasteiger partial charge in [-0.2, -0.15) is 10.5 Å². The van der Waals surface area contributed by atoms with Gasteiger partial charge >= 0.3 is 0 Å². The molecule has 2 rings (SSSR count). The maximum Gasteiger partial charge on any atom is 0.264 e. The molecular weight excluding hydrogens is 306 g/mol. The number of rotatable bonds is 4. The number of hydrogen-bond acceptors (Lipinski definition) is 5. The number of aliphatic hydroxyl groups is 1. The summed E-state index contributed by atoms with van der Waals surface area (Å²) >= 11 is 0. The molecule has 126 valence electrons. The number of hydrogen-bond donors (Lipinski definition) is 1. The molecule has 0 bridgehead atoms. The van der Waals surface area contributed by atoms with E-state index in [0.29, 0.717) is 44.0 Å². The average molecular weight is 327 g/mol. The van der Waals surface area contributed by atoms with Gasteiger partial charge in [0.15, 0.2) is 0 Å². The van der Waals surface area contributed by atoms with E-state index in [-0.39, 0.29) is 18.1 Å². The topological polar surface area (TPSA) is 96.3 Å². The number of nitrogens with zero attached hydrogens (tertiary/aromatic N) is 5. The lowest BCUT2D eigenvalue weighted by Gasteiger charge is -2.34. The number of aromatic nitrogens is 1. The summed E-state index contributed by atoms with van der Waals surface area (Å²) in [5, 5.41) is 27.4. The predicted octanol–water partition coefficient (Wildman–Crippen LogP) is 0.249. The second-order valence-corrected chi connectivity index (χ2v) is 5.77. The first-order valence-electron chi connectivity index (χ1n) is 7.82. The fraction of sp³-hybridized carbons (Fsp3) is 0.471. The molecule has 1 saturated heterocycles. The highest BCUT2D eigenvalue weighted by Gasteiger charge is 2.23. The summed E-state index contributed by atoms with van der Waals surface area (Å²) in [5.41, 5.74) is 2.10. The van der Waals surface area contributed by atoms with Crippen LogP contribution in [0.2, 0.25) is 0 Å². The summed E-state index contributed by atoms with van der Waals surface area (Å²) in [5.74, 6) is -0.289. The van der Waals surface area contributed by atoms with Gasteiger partial charge in [-0.25, -0.2) is 0 Å². The van der Waals surface area contributed by atoms with E-state index in [1.807, 2.05) is 13.0 Å². The van der Waals surface area contributed by atoms with Crippen molar-refractivity contribution in [3.63, 3.8) is 0 Å². The van der Waals surface area contributed by atoms with E-state index in [0.717, 1.165) is 5.69 Å². The van der Waals surface area contributed by atoms with Crippen molar-refractivity contribution in [3.8, 4) is 12.1 Å². The Morgan fingerprint density at radius 1 is 1.33 bits per heavy atom. The van der Waals surface area contributed by atoms with E-state index in [2.05, 4.69) is 11.0 Å². The van der Waals surface area contributed by atoms with Crippen LogP contribution in [0.5, 0.6) is 0 Å². The van der Waals surface area contributed by atoms with Crippen molar-refractivity contribution in [1.29, 1.82) is 10.5 Å². The van der Waals surface area contributed by atoms with Gasteiger partial charge in [0.2, 0.25) is 0 Å². The number of carbonyl (C=O) groups is 1. The molecule has 0 radical (unpaired) electrons. The Morgan fingerprint density at radius 2 is 2.00 bits per heavy atom. The fourth-order valence-electron chi connectivity index (χ4n) is 2.76. The maximum absolute atomic E-state index is 12.6. The highest BCUT2D eigenvalue weighted by molar-refractivity contribution is 6.01. The zero-order chi connectivity index (χ0) is 17.7. The molecule has 0 aromatic carbocycles. The van der Waals surface area contributed by atoms with Crippen molar-refractivity contribution in [2.75, 3.05) is 39.3 Å². The zero-order valence-corrected chi connectivity index (χ0v) is 14.0. The van der Waals surface area contributed by atoms with E-state index in [1.165, 1.54) is 0 Å². The Hall–Kier alpha value is -2.61. The van der Waals surface area contributed by atoms with Gasteiger partial charge in [0, 0.05) is 45.5 Å². The molecule has 7 nitrogen and oxygen atoms in total. The number of piperazine rings is 1. The highest BCUT2D eigenvalue weighted by Crippen LogP contribution is 2.18. The summed E-state index contributed by atoms with van der Waals surface area (Å²) in [6, 6.07) is 5.75. The summed E-state index contributed by atoms with van der Waals surface area (Å²) < 4.78 is 1.74. The van der Waals surface area contributed by atoms with Gasteiger partial charge in [-0.1, -0.05) is 0 Å². The van der Waals surface area contributed by atoms with Crippen molar-refractivity contribution in [1.82, 2.24) is 14.4 Å². The molecule has 1 fully saturated rings. The SMILES string of the molecule is Cc1c(C=C(C#N)C(=O)N2CCN(CCO)CC2)cc(C#N)n1C. The minimum absolute atomic E-state index is 0.0730. The van der Waals surface area contributed by atoms with E-state index in [1.54, 1.807) is 28.7 Å². The summed E-state index contributed by atoms with van der Waals surface area (Å²) in [7, 11) is 1.78. The number of carbonyl (C=O) groups excluding carboxylic acids is 1. The van der Waals surface area contributed by atoms with E-state index < -0.39 is 0 Å². The smallest absolute Gasteiger partial charge is 0.264 e. The first-order valence-corrected chi connectivity index (χ1v) is 7.82. The number of nitriles is 2. The third-order valence-electron chi connectivity index (χ3n) is 4.42. The standard InChI is InChI=1S/C17H21N5O2/c1-13-14(10-16(12-19)20(13)2)9-15(11-18)17(24)22-5-3-21(4-6-22)7-8-23/h9-10,23H,3-8H2,1-2H3. The second-order valence-electron chi connectivity index (χ2n) is 5.77. The Labute approximate surface area is 141 Å². The Bertz CT molecular complexity index is 727. The minimum atomic E-state index is -0.289. The highest BCUT2D eigenvalue weighted by atomic mass is 16.3. The first kappa shape index (κ1) is 17.7. The van der Waals surface area contributed by atoms with Crippen LogP contribution in [0.25, 0.3) is 6.08 Å². The molecule has 0 saturated carbocycles. The fourth-order valence-corrected chi connectivity index (χ4v) is 2.76. The Balaban J connectivity index is 2.16. The molecule has 1 amide bonds. The normalized spacial score (nSPS) is 15.9. The van der Waals surface area contributed by atoms with Gasteiger partial charge in [-0.15, -0.1) is 0 Å². The molecule has 0 aliphatic carbocycles. The molecule has 0 unspecified atom stereocenters. The van der Waals surface area contributed by atoms with Gasteiger partial charge in [0.05, 0.1) is 6.61 Å². The molecule has 1 aromatic rings. The molecule has 1 aliphatic heterocycles. The van der Waals surface area contributed by atoms with Gasteiger partial charge in [-0.3, -0.25) is 9.69 Å². The van der Waals surface area contributed by atoms with Crippen LogP contribution in [0.4, 0.5) is 0 Å². The third-order valence-corrected chi connectivity index (χ3v) is 4.42. The predicted molar refractivity (Wildman–Crippen MR) is 88.6 cm³/mol. The van der Waals surface area contributed by atoms with Crippen molar-refractivity contribution in [2.24, 2.45) is 7.05 Å². The largest absolute Gasteiger partial charge is 0.395 e. The first-order chi connectivity index (χ1) is 11.5. The molecule has 0 atom stereocenters. The molecule has 1 aliphatic rings. The van der Waals surface area contributed by atoms with Crippen LogP contribution < -0.4 is 0 Å². The lowest BCUT2D eigenvalue weighted by Crippen LogP contribution is -2.49. The minimum Gasteiger partial charge on any atom is -0.395 e. The van der Waals surface area contributed by atoms with E-state index in [4.69, 9.17) is 10.4 Å². The van der Waals surface area contributed by atoms with Crippen LogP contribution in [-0.4, -0.2) is 64.7 Å². The molecule has 1 aromatic heterocycles. The average Bonchev–Trinajstić information content (AvgIpc) is 2.87. The lowest BCUT2D eigenvalue weighted by molar-refractivity contribution is -0.128. The van der Waals surface area contributed by atoms with Gasteiger partial charge in [0.25, 0.3) is 5.91 Å². The van der Waals surface area contributed by atoms with Crippen LogP contribution in [-0.2, 0) is 11.8 Å². The van der Waals surface area contributed by atoms with E-state index >= 15 is 0 Å². The van der Waals surface area contributed by atoms with Crippen LogP contribution in [0.15, 0.2) is 11.6 Å². The van der Waals surface area contributed by atoms with Crippen LogP contribution >= 0.6 is 0 Å². The zero-order valence-electron chi connectivity index (χ0n) is 14.0. The summed E-state index contributed by atoms with van der Waals surface area (Å²) in [6.45, 7) is 5.00. The molecular formula is C17H21N5O2.